The van der Waals surface area contributed by atoms with Gasteiger partial charge >= 0.3 is 11.9 Å². The predicted molar refractivity (Wildman–Crippen MR) is 270 cm³/mol. The van der Waals surface area contributed by atoms with Crippen molar-refractivity contribution in [1.82, 2.24) is 0 Å². The van der Waals surface area contributed by atoms with Crippen molar-refractivity contribution in [2.24, 2.45) is 0 Å². The summed E-state index contributed by atoms with van der Waals surface area (Å²) in [5.41, 5.74) is 0. The minimum Gasteiger partial charge on any atom is -0.462 e. The Kier molecular flexibility index (Phi) is 38.4. The highest BCUT2D eigenvalue weighted by atomic mass is 16.7. The van der Waals surface area contributed by atoms with Crippen LogP contribution in [0.25, 0.3) is 0 Å². The summed E-state index contributed by atoms with van der Waals surface area (Å²) in [7, 11) is 0. The SMILES string of the molecule is CCCCC/C=C/C/C=C/CCCCCCCCCCCC(=O)O[C@H](COC(=O)CCCCCCC/C=C/CCCCCCCC)CO[C@H]1O[C@@H](CO[C@H]2O[C@@H](CO)[C@@H](O)C(O)C2O)[C@@H](O)C(O)C1O. The van der Waals surface area contributed by atoms with E-state index in [1.54, 1.807) is 0 Å². The highest BCUT2D eigenvalue weighted by Crippen LogP contribution is 2.26. The van der Waals surface area contributed by atoms with Crippen LogP contribution >= 0.6 is 0 Å². The van der Waals surface area contributed by atoms with E-state index in [0.717, 1.165) is 77.0 Å². The zero-order chi connectivity index (χ0) is 51.0. The molecule has 0 radical (unpaired) electrons. The third-order valence-electron chi connectivity index (χ3n) is 13.1. The number of carbonyl (C=O) groups is 2. The number of hydrogen-bond acceptors (Lipinski definition) is 15. The molecule has 0 amide bonds. The summed E-state index contributed by atoms with van der Waals surface area (Å²) in [6.07, 6.45) is 28.7. The van der Waals surface area contributed by atoms with E-state index in [1.807, 2.05) is 0 Å². The van der Waals surface area contributed by atoms with Crippen LogP contribution in [0.2, 0.25) is 0 Å². The molecule has 70 heavy (non-hydrogen) atoms. The zero-order valence-corrected chi connectivity index (χ0v) is 43.3. The summed E-state index contributed by atoms with van der Waals surface area (Å²) in [5, 5.41) is 72.2. The highest BCUT2D eigenvalue weighted by Gasteiger charge is 2.47. The van der Waals surface area contributed by atoms with E-state index in [2.05, 4.69) is 50.3 Å². The van der Waals surface area contributed by atoms with Crippen LogP contribution in [0.3, 0.4) is 0 Å². The topological polar surface area (TPSA) is 231 Å². The fourth-order valence-corrected chi connectivity index (χ4v) is 8.54. The molecule has 2 saturated heterocycles. The second-order valence-corrected chi connectivity index (χ2v) is 19.4. The molecular weight excluding hydrogens is 901 g/mol. The smallest absolute Gasteiger partial charge is 0.306 e. The van der Waals surface area contributed by atoms with E-state index in [4.69, 9.17) is 28.4 Å². The quantitative estimate of drug-likeness (QED) is 0.0173. The first kappa shape index (κ1) is 63.8. The van der Waals surface area contributed by atoms with Crippen molar-refractivity contribution in [2.45, 2.75) is 274 Å². The van der Waals surface area contributed by atoms with Gasteiger partial charge in [0, 0.05) is 12.8 Å². The number of unbranched alkanes of at least 4 members (excludes halogenated alkanes) is 23. The molecule has 408 valence electrons. The van der Waals surface area contributed by atoms with Crippen molar-refractivity contribution < 1.29 is 73.8 Å². The molecule has 0 aromatic carbocycles. The number of esters is 2. The van der Waals surface area contributed by atoms with Crippen molar-refractivity contribution in [2.75, 3.05) is 26.4 Å². The number of aliphatic hydroxyl groups is 7. The second-order valence-electron chi connectivity index (χ2n) is 19.4. The summed E-state index contributed by atoms with van der Waals surface area (Å²) in [5.74, 6) is -0.935. The lowest BCUT2D eigenvalue weighted by Gasteiger charge is -2.42. The van der Waals surface area contributed by atoms with Crippen molar-refractivity contribution in [1.29, 1.82) is 0 Å². The summed E-state index contributed by atoms with van der Waals surface area (Å²) >= 11 is 0. The number of ether oxygens (including phenoxy) is 6. The number of hydrogen-bond donors (Lipinski definition) is 7. The van der Waals surface area contributed by atoms with Crippen LogP contribution in [0, 0.1) is 0 Å². The fraction of sp³-hybridized carbons (Fsp3) is 0.855. The molecule has 7 N–H and O–H groups in total. The van der Waals surface area contributed by atoms with Gasteiger partial charge in [0.05, 0.1) is 19.8 Å². The van der Waals surface area contributed by atoms with Crippen molar-refractivity contribution in [3.05, 3.63) is 36.5 Å². The Morgan fingerprint density at radius 2 is 0.857 bits per heavy atom. The van der Waals surface area contributed by atoms with E-state index >= 15 is 0 Å². The van der Waals surface area contributed by atoms with E-state index in [1.165, 1.54) is 89.9 Å². The molecule has 2 fully saturated rings. The standard InChI is InChI=1S/C55H98O15/c1-3-5-7-9-11-13-15-17-19-20-21-22-24-26-28-30-32-34-36-38-47(58)68-43(40-65-46(57)37-35-33-31-29-27-25-23-18-16-14-12-10-8-6-4-2)41-66-54-53(64)51(62)49(60)45(70-54)42-67-55-52(63)50(61)48(59)44(39-56)69-55/h11,13,17-19,23,43-45,48-56,59-64H,3-10,12,14-16,20-22,24-42H2,1-2H3/b13-11+,19-17+,23-18+/t43-,44+,45+,48-,49-,50?,51?,52?,53?,54+,55+/m1/s1. The fourth-order valence-electron chi connectivity index (χ4n) is 8.54. The minimum atomic E-state index is -1.77. The Balaban J connectivity index is 1.78. The van der Waals surface area contributed by atoms with Crippen molar-refractivity contribution >= 4 is 11.9 Å². The third kappa shape index (κ3) is 29.4. The van der Waals surface area contributed by atoms with Crippen LogP contribution in [0.15, 0.2) is 36.5 Å². The Bertz CT molecular complexity index is 1360. The first-order valence-corrected chi connectivity index (χ1v) is 27.6. The van der Waals surface area contributed by atoms with Gasteiger partial charge in [-0.2, -0.15) is 0 Å². The van der Waals surface area contributed by atoms with E-state index < -0.39 is 92.7 Å². The average molecular weight is 999 g/mol. The van der Waals surface area contributed by atoms with Crippen LogP contribution in [0.5, 0.6) is 0 Å². The number of aliphatic hydroxyl groups excluding tert-OH is 7. The first-order valence-electron chi connectivity index (χ1n) is 27.6. The molecule has 4 unspecified atom stereocenters. The predicted octanol–water partition coefficient (Wildman–Crippen LogP) is 8.49. The van der Waals surface area contributed by atoms with E-state index in [-0.39, 0.29) is 26.1 Å². The molecular formula is C55H98O15. The summed E-state index contributed by atoms with van der Waals surface area (Å²) in [6.45, 7) is 2.56. The average Bonchev–Trinajstić information content (AvgIpc) is 3.35. The van der Waals surface area contributed by atoms with Gasteiger partial charge in [-0.05, 0) is 70.6 Å². The first-order chi connectivity index (χ1) is 34.0. The molecule has 2 rings (SSSR count). The molecule has 0 saturated carbocycles. The van der Waals surface area contributed by atoms with Gasteiger partial charge in [0.25, 0.3) is 0 Å². The van der Waals surface area contributed by atoms with Crippen LogP contribution in [-0.2, 0) is 38.0 Å². The normalized spacial score (nSPS) is 25.6. The highest BCUT2D eigenvalue weighted by molar-refractivity contribution is 5.70. The Morgan fingerprint density at radius 3 is 1.37 bits per heavy atom. The van der Waals surface area contributed by atoms with Gasteiger partial charge in [-0.3, -0.25) is 9.59 Å². The summed E-state index contributed by atoms with van der Waals surface area (Å²) < 4.78 is 33.6. The van der Waals surface area contributed by atoms with Crippen LogP contribution in [0.1, 0.15) is 206 Å². The molecule has 15 heteroatoms. The van der Waals surface area contributed by atoms with Crippen molar-refractivity contribution in [3.63, 3.8) is 0 Å². The van der Waals surface area contributed by atoms with Crippen LogP contribution < -0.4 is 0 Å². The molecule has 0 bridgehead atoms. The molecule has 2 heterocycles. The lowest BCUT2D eigenvalue weighted by atomic mass is 9.98. The van der Waals surface area contributed by atoms with E-state index in [9.17, 15) is 45.3 Å². The number of allylic oxidation sites excluding steroid dienone is 6. The van der Waals surface area contributed by atoms with E-state index in [0.29, 0.717) is 12.8 Å². The monoisotopic (exact) mass is 999 g/mol. The van der Waals surface area contributed by atoms with Gasteiger partial charge < -0.3 is 64.2 Å². The van der Waals surface area contributed by atoms with Crippen LogP contribution in [0.4, 0.5) is 0 Å². The molecule has 0 aromatic heterocycles. The Hall–Kier alpha value is -2.28. The maximum Gasteiger partial charge on any atom is 0.306 e. The molecule has 0 aromatic rings. The van der Waals surface area contributed by atoms with Gasteiger partial charge in [0.15, 0.2) is 18.7 Å². The second kappa shape index (κ2) is 42.1. The Labute approximate surface area is 421 Å². The number of carbonyl (C=O) groups excluding carboxylic acids is 2. The molecule has 0 spiro atoms. The molecule has 11 atom stereocenters. The lowest BCUT2D eigenvalue weighted by molar-refractivity contribution is -0.332. The maximum absolute atomic E-state index is 13.0. The maximum atomic E-state index is 13.0. The van der Waals surface area contributed by atoms with Gasteiger partial charge in [-0.25, -0.2) is 0 Å². The summed E-state index contributed by atoms with van der Waals surface area (Å²) in [4.78, 5) is 25.8. The molecule has 2 aliphatic rings. The Morgan fingerprint density at radius 1 is 0.457 bits per heavy atom. The van der Waals surface area contributed by atoms with Gasteiger partial charge in [0.1, 0.15) is 55.4 Å². The lowest BCUT2D eigenvalue weighted by Crippen LogP contribution is -2.61. The summed E-state index contributed by atoms with van der Waals surface area (Å²) in [6, 6.07) is 0. The third-order valence-corrected chi connectivity index (χ3v) is 13.1. The molecule has 0 aliphatic carbocycles. The minimum absolute atomic E-state index is 0.159. The molecule has 2 aliphatic heterocycles. The van der Waals surface area contributed by atoms with Crippen molar-refractivity contribution in [3.8, 4) is 0 Å². The number of rotatable bonds is 43. The van der Waals surface area contributed by atoms with Gasteiger partial charge in [-0.15, -0.1) is 0 Å². The molecule has 15 nitrogen and oxygen atoms in total. The van der Waals surface area contributed by atoms with Crippen LogP contribution in [-0.4, -0.2) is 142 Å². The van der Waals surface area contributed by atoms with Gasteiger partial charge in [0.2, 0.25) is 0 Å². The van der Waals surface area contributed by atoms with Gasteiger partial charge in [-0.1, -0.05) is 159 Å². The zero-order valence-electron chi connectivity index (χ0n) is 43.3. The largest absolute Gasteiger partial charge is 0.462 e.